The number of hydrogen-bond acceptors (Lipinski definition) is 9. The molecule has 1 aromatic heterocycles. The second-order valence-electron chi connectivity index (χ2n) is 10.9. The first-order valence-corrected chi connectivity index (χ1v) is 16.4. The van der Waals surface area contributed by atoms with Gasteiger partial charge in [0.2, 0.25) is 26.6 Å². The maximum atomic E-state index is 14.2. The molecule has 0 radical (unpaired) electrons. The average molecular weight is 624 g/mol. The molecule has 1 fully saturated rings. The summed E-state index contributed by atoms with van der Waals surface area (Å²) in [5.74, 6) is 2.03. The van der Waals surface area contributed by atoms with Crippen molar-refractivity contribution in [3.05, 3.63) is 114 Å². The highest BCUT2D eigenvalue weighted by atomic mass is 32.2. The first-order chi connectivity index (χ1) is 22.0. The molecule has 2 aliphatic heterocycles. The van der Waals surface area contributed by atoms with Gasteiger partial charge >= 0.3 is 0 Å². The van der Waals surface area contributed by atoms with E-state index in [0.29, 0.717) is 62.2 Å². The summed E-state index contributed by atoms with van der Waals surface area (Å²) in [5.41, 5.74) is 3.06. The third-order valence-corrected chi connectivity index (χ3v) is 9.84. The number of sulfone groups is 1. The summed E-state index contributed by atoms with van der Waals surface area (Å²) in [6.45, 7) is 3.25. The van der Waals surface area contributed by atoms with Gasteiger partial charge in [-0.1, -0.05) is 60.7 Å². The zero-order chi connectivity index (χ0) is 30.8. The molecule has 0 unspecified atom stereocenters. The van der Waals surface area contributed by atoms with Gasteiger partial charge in [-0.3, -0.25) is 4.90 Å². The average Bonchev–Trinajstić information content (AvgIpc) is 3.56. The molecule has 3 heterocycles. The van der Waals surface area contributed by atoms with Crippen molar-refractivity contribution in [2.45, 2.75) is 16.0 Å². The fourth-order valence-electron chi connectivity index (χ4n) is 5.90. The van der Waals surface area contributed by atoms with E-state index in [1.807, 2.05) is 17.0 Å². The number of rotatable bonds is 8. The second-order valence-corrected chi connectivity index (χ2v) is 12.8. The van der Waals surface area contributed by atoms with Gasteiger partial charge in [-0.15, -0.1) is 0 Å². The van der Waals surface area contributed by atoms with E-state index in [-0.39, 0.29) is 27.7 Å². The summed E-state index contributed by atoms with van der Waals surface area (Å²) in [6, 6.07) is 32.8. The number of aromatic nitrogens is 1. The van der Waals surface area contributed by atoms with Crippen LogP contribution in [0.1, 0.15) is 17.2 Å². The standard InChI is InChI=1S/C35H33N3O6S/c1-41-28-14-12-27(13-15-28)33-36-34(45(39,40)29-16-17-30-31(24-29)43-23-22-42-30)35(44-33)38-20-18-37(19-21-38)32(25-8-4-2-5-9-25)26-10-6-3-7-11-26/h2-17,24,32H,18-23H2,1H3. The Morgan fingerprint density at radius 2 is 1.38 bits per heavy atom. The van der Waals surface area contributed by atoms with E-state index in [9.17, 15) is 8.42 Å². The molecule has 0 aliphatic carbocycles. The highest BCUT2D eigenvalue weighted by Gasteiger charge is 2.35. The van der Waals surface area contributed by atoms with Crippen molar-refractivity contribution < 1.29 is 27.0 Å². The lowest BCUT2D eigenvalue weighted by Gasteiger charge is -2.39. The number of oxazole rings is 1. The Labute approximate surface area is 262 Å². The lowest BCUT2D eigenvalue weighted by Crippen LogP contribution is -2.48. The molecule has 0 spiro atoms. The Morgan fingerprint density at radius 1 is 0.756 bits per heavy atom. The largest absolute Gasteiger partial charge is 0.497 e. The van der Waals surface area contributed by atoms with E-state index < -0.39 is 9.84 Å². The van der Waals surface area contributed by atoms with Crippen molar-refractivity contribution in [1.29, 1.82) is 0 Å². The van der Waals surface area contributed by atoms with Gasteiger partial charge in [0, 0.05) is 37.8 Å². The van der Waals surface area contributed by atoms with Crippen molar-refractivity contribution >= 4 is 15.7 Å². The summed E-state index contributed by atoms with van der Waals surface area (Å²) in [4.78, 5) is 9.07. The molecule has 0 bridgehead atoms. The zero-order valence-corrected chi connectivity index (χ0v) is 25.7. The highest BCUT2D eigenvalue weighted by molar-refractivity contribution is 7.91. The van der Waals surface area contributed by atoms with Crippen LogP contribution in [0, 0.1) is 0 Å². The van der Waals surface area contributed by atoms with Crippen LogP contribution in [0.2, 0.25) is 0 Å². The minimum atomic E-state index is -4.09. The zero-order valence-electron chi connectivity index (χ0n) is 24.8. The predicted molar refractivity (Wildman–Crippen MR) is 170 cm³/mol. The number of methoxy groups -OCH3 is 1. The van der Waals surface area contributed by atoms with Crippen molar-refractivity contribution in [2.24, 2.45) is 0 Å². The molecule has 5 aromatic rings. The van der Waals surface area contributed by atoms with Gasteiger partial charge in [-0.2, -0.15) is 4.98 Å². The van der Waals surface area contributed by atoms with E-state index >= 15 is 0 Å². The lowest BCUT2D eigenvalue weighted by molar-refractivity contribution is 0.171. The van der Waals surface area contributed by atoms with Crippen LogP contribution >= 0.6 is 0 Å². The Hall–Kier alpha value is -4.80. The first kappa shape index (κ1) is 28.9. The van der Waals surface area contributed by atoms with Gasteiger partial charge in [-0.05, 0) is 47.5 Å². The molecule has 45 heavy (non-hydrogen) atoms. The minimum absolute atomic E-state index is 0.0643. The quantitative estimate of drug-likeness (QED) is 0.211. The molecule has 4 aromatic carbocycles. The van der Waals surface area contributed by atoms with Gasteiger partial charge in [0.1, 0.15) is 19.0 Å². The van der Waals surface area contributed by atoms with Gasteiger partial charge < -0.3 is 23.5 Å². The summed E-state index contributed by atoms with van der Waals surface area (Å²) in [7, 11) is -2.50. The number of benzene rings is 4. The number of anilines is 1. The number of nitrogens with zero attached hydrogens (tertiary/aromatic N) is 3. The molecule has 230 valence electrons. The lowest BCUT2D eigenvalue weighted by atomic mass is 9.96. The smallest absolute Gasteiger partial charge is 0.236 e. The maximum Gasteiger partial charge on any atom is 0.236 e. The monoisotopic (exact) mass is 623 g/mol. The van der Waals surface area contributed by atoms with Gasteiger partial charge in [0.15, 0.2) is 11.5 Å². The van der Waals surface area contributed by atoms with Crippen LogP contribution in [0.3, 0.4) is 0 Å². The molecule has 10 heteroatoms. The van der Waals surface area contributed by atoms with Crippen LogP contribution in [0.25, 0.3) is 11.5 Å². The van der Waals surface area contributed by atoms with E-state index in [1.54, 1.807) is 37.4 Å². The van der Waals surface area contributed by atoms with Crippen molar-refractivity contribution in [3.8, 4) is 28.7 Å². The second kappa shape index (κ2) is 12.3. The van der Waals surface area contributed by atoms with Gasteiger partial charge in [0.05, 0.1) is 18.0 Å². The number of piperazine rings is 1. The van der Waals surface area contributed by atoms with Crippen molar-refractivity contribution in [3.63, 3.8) is 0 Å². The molecule has 0 saturated carbocycles. The summed E-state index contributed by atoms with van der Waals surface area (Å²) >= 11 is 0. The van der Waals surface area contributed by atoms with Crippen LogP contribution in [0.15, 0.2) is 117 Å². The SMILES string of the molecule is COc1ccc(-c2nc(S(=O)(=O)c3ccc4c(c3)OCCO4)c(N3CCN(C(c4ccccc4)c4ccccc4)CC3)o2)cc1. The van der Waals surface area contributed by atoms with Crippen molar-refractivity contribution in [1.82, 2.24) is 9.88 Å². The Kier molecular flexibility index (Phi) is 7.91. The molecule has 9 nitrogen and oxygen atoms in total. The Morgan fingerprint density at radius 3 is 2.00 bits per heavy atom. The summed E-state index contributed by atoms with van der Waals surface area (Å²) in [6.07, 6.45) is 0. The molecular formula is C35H33N3O6S. The predicted octanol–water partition coefficient (Wildman–Crippen LogP) is 5.87. The third-order valence-electron chi connectivity index (χ3n) is 8.19. The number of fused-ring (bicyclic) bond motifs is 1. The van der Waals surface area contributed by atoms with Crippen LogP contribution in [-0.2, 0) is 9.84 Å². The van der Waals surface area contributed by atoms with Gasteiger partial charge in [0.25, 0.3) is 0 Å². The van der Waals surface area contributed by atoms with E-state index in [0.717, 1.165) is 0 Å². The van der Waals surface area contributed by atoms with Crippen molar-refractivity contribution in [2.75, 3.05) is 51.4 Å². The van der Waals surface area contributed by atoms with Gasteiger partial charge in [-0.25, -0.2) is 8.42 Å². The fraction of sp³-hybridized carbons (Fsp3) is 0.229. The molecule has 0 amide bonds. The molecule has 1 saturated heterocycles. The Balaban J connectivity index is 1.23. The summed E-state index contributed by atoms with van der Waals surface area (Å²) in [5, 5.41) is -0.124. The van der Waals surface area contributed by atoms with Crippen LogP contribution in [0.5, 0.6) is 17.2 Å². The number of hydrogen-bond donors (Lipinski definition) is 0. The maximum absolute atomic E-state index is 14.2. The van der Waals surface area contributed by atoms with Crippen LogP contribution in [0.4, 0.5) is 5.88 Å². The van der Waals surface area contributed by atoms with Crippen LogP contribution < -0.4 is 19.1 Å². The number of ether oxygens (including phenoxy) is 3. The topological polar surface area (TPSA) is 94.3 Å². The molecule has 2 aliphatic rings. The van der Waals surface area contributed by atoms with E-state index in [1.165, 1.54) is 23.3 Å². The third kappa shape index (κ3) is 5.74. The van der Waals surface area contributed by atoms with Crippen LogP contribution in [-0.4, -0.2) is 64.8 Å². The minimum Gasteiger partial charge on any atom is -0.497 e. The normalized spacial score (nSPS) is 15.3. The van der Waals surface area contributed by atoms with E-state index in [4.69, 9.17) is 18.6 Å². The molecule has 0 atom stereocenters. The van der Waals surface area contributed by atoms with E-state index in [2.05, 4.69) is 58.4 Å². The molecule has 0 N–H and O–H groups in total. The Bertz CT molecular complexity index is 1830. The fourth-order valence-corrected chi connectivity index (χ4v) is 7.24. The molecular weight excluding hydrogens is 590 g/mol. The highest BCUT2D eigenvalue weighted by Crippen LogP contribution is 2.39. The first-order valence-electron chi connectivity index (χ1n) is 14.9. The molecule has 7 rings (SSSR count). The summed E-state index contributed by atoms with van der Waals surface area (Å²) < 4.78 is 51.3.